The van der Waals surface area contributed by atoms with Crippen LogP contribution in [0.25, 0.3) is 0 Å². The second-order valence-electron chi connectivity index (χ2n) is 3.77. The van der Waals surface area contributed by atoms with Crippen molar-refractivity contribution in [3.8, 4) is 5.88 Å². The fraction of sp³-hybridized carbons (Fsp3) is 0.154. The van der Waals surface area contributed by atoms with Crippen molar-refractivity contribution >= 4 is 21.6 Å². The van der Waals surface area contributed by atoms with E-state index in [-0.39, 0.29) is 5.69 Å². The third kappa shape index (κ3) is 3.20. The predicted octanol–water partition coefficient (Wildman–Crippen LogP) is 3.74. The Hall–Kier alpha value is -1.69. The largest absolute Gasteiger partial charge is 0.481 e. The van der Waals surface area contributed by atoms with Crippen LogP contribution in [0.15, 0.2) is 34.9 Å². The Morgan fingerprint density at radius 1 is 1.37 bits per heavy atom. The monoisotopic (exact) mass is 328 g/mol. The van der Waals surface area contributed by atoms with E-state index in [1.807, 2.05) is 6.07 Å². The third-order valence-corrected chi connectivity index (χ3v) is 3.13. The molecule has 6 heteroatoms. The van der Waals surface area contributed by atoms with Gasteiger partial charge in [0.05, 0.1) is 12.8 Å². The minimum atomic E-state index is -0.658. The quantitative estimate of drug-likeness (QED) is 0.928. The molecule has 0 bridgehead atoms. The van der Waals surface area contributed by atoms with Gasteiger partial charge in [0, 0.05) is 28.8 Å². The van der Waals surface area contributed by atoms with Crippen LogP contribution in [0.3, 0.4) is 0 Å². The molecule has 3 nitrogen and oxygen atoms in total. The van der Waals surface area contributed by atoms with Gasteiger partial charge in [-0.3, -0.25) is 0 Å². The fourth-order valence-corrected chi connectivity index (χ4v) is 2.19. The highest BCUT2D eigenvalue weighted by molar-refractivity contribution is 9.10. The average Bonchev–Trinajstić information content (AvgIpc) is 2.38. The smallest absolute Gasteiger partial charge is 0.218 e. The van der Waals surface area contributed by atoms with E-state index in [1.165, 1.54) is 13.2 Å². The van der Waals surface area contributed by atoms with Gasteiger partial charge in [-0.15, -0.1) is 0 Å². The highest BCUT2D eigenvalue weighted by Gasteiger charge is 2.10. The molecule has 1 aromatic carbocycles. The molecule has 0 amide bonds. The van der Waals surface area contributed by atoms with Gasteiger partial charge >= 0.3 is 0 Å². The first-order valence-corrected chi connectivity index (χ1v) is 6.27. The predicted molar refractivity (Wildman–Crippen MR) is 72.2 cm³/mol. The number of anilines is 1. The lowest BCUT2D eigenvalue weighted by Gasteiger charge is -2.11. The number of halogens is 3. The number of aromatic nitrogens is 1. The number of pyridine rings is 1. The Morgan fingerprint density at radius 3 is 2.84 bits per heavy atom. The van der Waals surface area contributed by atoms with Gasteiger partial charge in [-0.25, -0.2) is 13.8 Å². The SMILES string of the molecule is COc1ncccc1CNc1c(F)cc(F)cc1Br. The highest BCUT2D eigenvalue weighted by Crippen LogP contribution is 2.28. The molecule has 1 aromatic heterocycles. The van der Waals surface area contributed by atoms with Gasteiger partial charge in [-0.2, -0.15) is 0 Å². The number of rotatable bonds is 4. The van der Waals surface area contributed by atoms with Crippen LogP contribution >= 0.6 is 15.9 Å². The molecule has 0 atom stereocenters. The summed E-state index contributed by atoms with van der Waals surface area (Å²) in [6, 6.07) is 5.60. The number of hydrogen-bond donors (Lipinski definition) is 1. The average molecular weight is 329 g/mol. The van der Waals surface area contributed by atoms with Gasteiger partial charge in [0.25, 0.3) is 0 Å². The van der Waals surface area contributed by atoms with E-state index in [4.69, 9.17) is 4.74 Å². The van der Waals surface area contributed by atoms with Crippen molar-refractivity contribution in [1.29, 1.82) is 0 Å². The normalized spacial score (nSPS) is 10.3. The molecule has 0 saturated heterocycles. The van der Waals surface area contributed by atoms with Crippen molar-refractivity contribution in [1.82, 2.24) is 4.98 Å². The summed E-state index contributed by atoms with van der Waals surface area (Å²) >= 11 is 3.12. The van der Waals surface area contributed by atoms with Crippen LogP contribution in [0.5, 0.6) is 5.88 Å². The van der Waals surface area contributed by atoms with Crippen molar-refractivity contribution < 1.29 is 13.5 Å². The van der Waals surface area contributed by atoms with Gasteiger partial charge in [-0.05, 0) is 28.1 Å². The molecule has 1 N–H and O–H groups in total. The number of methoxy groups -OCH3 is 1. The van der Waals surface area contributed by atoms with E-state index < -0.39 is 11.6 Å². The van der Waals surface area contributed by atoms with Crippen LogP contribution < -0.4 is 10.1 Å². The van der Waals surface area contributed by atoms with Crippen LogP contribution in [0.1, 0.15) is 5.56 Å². The molecule has 100 valence electrons. The van der Waals surface area contributed by atoms with Gasteiger partial charge in [0.2, 0.25) is 5.88 Å². The Balaban J connectivity index is 2.19. The van der Waals surface area contributed by atoms with Crippen LogP contribution in [0.4, 0.5) is 14.5 Å². The Morgan fingerprint density at radius 2 is 2.16 bits per heavy atom. The Kier molecular flexibility index (Phi) is 4.31. The third-order valence-electron chi connectivity index (χ3n) is 2.51. The van der Waals surface area contributed by atoms with Crippen LogP contribution in [-0.2, 0) is 6.54 Å². The van der Waals surface area contributed by atoms with Gasteiger partial charge in [0.1, 0.15) is 11.6 Å². The van der Waals surface area contributed by atoms with E-state index in [9.17, 15) is 8.78 Å². The maximum Gasteiger partial charge on any atom is 0.218 e. The summed E-state index contributed by atoms with van der Waals surface area (Å²) in [4.78, 5) is 4.04. The summed E-state index contributed by atoms with van der Waals surface area (Å²) in [7, 11) is 1.51. The first-order valence-electron chi connectivity index (χ1n) is 5.48. The van der Waals surface area contributed by atoms with E-state index >= 15 is 0 Å². The zero-order chi connectivity index (χ0) is 13.8. The van der Waals surface area contributed by atoms with Crippen LogP contribution in [-0.4, -0.2) is 12.1 Å². The lowest BCUT2D eigenvalue weighted by Crippen LogP contribution is -2.05. The zero-order valence-electron chi connectivity index (χ0n) is 10.1. The molecule has 0 fully saturated rings. The topological polar surface area (TPSA) is 34.1 Å². The lowest BCUT2D eigenvalue weighted by molar-refractivity contribution is 0.393. The molecule has 0 spiro atoms. The first-order chi connectivity index (χ1) is 9.11. The van der Waals surface area contributed by atoms with Gasteiger partial charge < -0.3 is 10.1 Å². The van der Waals surface area contributed by atoms with Crippen molar-refractivity contribution in [2.24, 2.45) is 0 Å². The summed E-state index contributed by atoms with van der Waals surface area (Å²) in [5, 5.41) is 2.89. The maximum atomic E-state index is 13.6. The number of nitrogens with one attached hydrogen (secondary N) is 1. The van der Waals surface area contributed by atoms with Crippen LogP contribution in [0.2, 0.25) is 0 Å². The molecule has 2 aromatic rings. The standard InChI is InChI=1S/C13H11BrF2N2O/c1-19-13-8(3-2-4-17-13)7-18-12-10(14)5-9(15)6-11(12)16/h2-6,18H,7H2,1H3. The van der Waals surface area contributed by atoms with Gasteiger partial charge in [-0.1, -0.05) is 6.07 Å². The van der Waals surface area contributed by atoms with Crippen molar-refractivity contribution in [2.75, 3.05) is 12.4 Å². The van der Waals surface area contributed by atoms with Crippen molar-refractivity contribution in [2.45, 2.75) is 6.54 Å². The molecule has 0 saturated carbocycles. The number of ether oxygens (including phenoxy) is 1. The number of hydrogen-bond acceptors (Lipinski definition) is 3. The second kappa shape index (κ2) is 5.97. The Bertz CT molecular complexity index is 570. The molecule has 0 unspecified atom stereocenters. The minimum Gasteiger partial charge on any atom is -0.481 e. The molecule has 0 aliphatic carbocycles. The summed E-state index contributed by atoms with van der Waals surface area (Å²) in [5.41, 5.74) is 0.980. The van der Waals surface area contributed by atoms with Crippen molar-refractivity contribution in [3.63, 3.8) is 0 Å². The summed E-state index contributed by atoms with van der Waals surface area (Å²) < 4.78 is 32.0. The molecule has 0 aliphatic heterocycles. The molecular formula is C13H11BrF2N2O. The minimum absolute atomic E-state index is 0.201. The molecule has 0 aliphatic rings. The lowest BCUT2D eigenvalue weighted by atomic mass is 10.2. The second-order valence-corrected chi connectivity index (χ2v) is 4.62. The molecule has 2 rings (SSSR count). The molecule has 0 radical (unpaired) electrons. The summed E-state index contributed by atoms with van der Waals surface area (Å²) in [6.07, 6.45) is 1.61. The Labute approximate surface area is 117 Å². The van der Waals surface area contributed by atoms with E-state index in [0.717, 1.165) is 11.6 Å². The first kappa shape index (κ1) is 13.7. The molecule has 1 heterocycles. The summed E-state index contributed by atoms with van der Waals surface area (Å²) in [5.74, 6) is -0.822. The molecular weight excluding hydrogens is 318 g/mol. The number of benzene rings is 1. The molecule has 19 heavy (non-hydrogen) atoms. The maximum absolute atomic E-state index is 13.6. The van der Waals surface area contributed by atoms with Crippen molar-refractivity contribution in [3.05, 3.63) is 52.1 Å². The van der Waals surface area contributed by atoms with E-state index in [0.29, 0.717) is 16.9 Å². The zero-order valence-corrected chi connectivity index (χ0v) is 11.7. The summed E-state index contributed by atoms with van der Waals surface area (Å²) in [6.45, 7) is 0.318. The van der Waals surface area contributed by atoms with Crippen LogP contribution in [0, 0.1) is 11.6 Å². The van der Waals surface area contributed by atoms with E-state index in [2.05, 4.69) is 26.2 Å². The van der Waals surface area contributed by atoms with E-state index in [1.54, 1.807) is 12.3 Å². The fourth-order valence-electron chi connectivity index (χ4n) is 1.64. The van der Waals surface area contributed by atoms with Gasteiger partial charge in [0.15, 0.2) is 0 Å². The number of nitrogens with zero attached hydrogens (tertiary/aromatic N) is 1. The highest BCUT2D eigenvalue weighted by atomic mass is 79.9.